The van der Waals surface area contributed by atoms with Gasteiger partial charge in [0, 0.05) is 11.3 Å². The average Bonchev–Trinajstić information content (AvgIpc) is 3.40. The Labute approximate surface area is 158 Å². The lowest BCUT2D eigenvalue weighted by molar-refractivity contribution is -0.121. The van der Waals surface area contributed by atoms with Gasteiger partial charge in [-0.05, 0) is 54.8 Å². The van der Waals surface area contributed by atoms with Crippen LogP contribution in [-0.4, -0.2) is 11.0 Å². The summed E-state index contributed by atoms with van der Waals surface area (Å²) in [5.41, 5.74) is 2.35. The molecule has 2 N–H and O–H groups in total. The van der Waals surface area contributed by atoms with E-state index in [-0.39, 0.29) is 12.5 Å². The number of aliphatic hydroxyl groups is 1. The monoisotopic (exact) mass is 361 g/mol. The van der Waals surface area contributed by atoms with Crippen molar-refractivity contribution in [2.45, 2.75) is 37.7 Å². The van der Waals surface area contributed by atoms with E-state index in [0.717, 1.165) is 42.5 Å². The number of anilines is 1. The van der Waals surface area contributed by atoms with Gasteiger partial charge in [0.1, 0.15) is 18.1 Å². The van der Waals surface area contributed by atoms with E-state index >= 15 is 0 Å². The van der Waals surface area contributed by atoms with E-state index in [2.05, 4.69) is 17.4 Å². The van der Waals surface area contributed by atoms with Crippen LogP contribution in [0.25, 0.3) is 11.3 Å². The van der Waals surface area contributed by atoms with Gasteiger partial charge >= 0.3 is 0 Å². The molecule has 0 saturated heterocycles. The van der Waals surface area contributed by atoms with Crippen LogP contribution in [0.4, 0.5) is 5.69 Å². The molecule has 4 rings (SSSR count). The minimum Gasteiger partial charge on any atom is -0.459 e. The maximum atomic E-state index is 13.2. The second kappa shape index (κ2) is 7.41. The molecule has 1 aliphatic carbocycles. The minimum absolute atomic E-state index is 0.0690. The fourth-order valence-corrected chi connectivity index (χ4v) is 3.97. The molecule has 0 radical (unpaired) electrons. The molecule has 2 aromatic carbocycles. The van der Waals surface area contributed by atoms with Gasteiger partial charge in [-0.1, -0.05) is 43.2 Å². The summed E-state index contributed by atoms with van der Waals surface area (Å²) in [7, 11) is 0. The van der Waals surface area contributed by atoms with E-state index in [9.17, 15) is 4.79 Å². The molecule has 1 saturated carbocycles. The Bertz CT molecular complexity index is 906. The van der Waals surface area contributed by atoms with Crippen LogP contribution in [-0.2, 0) is 16.8 Å². The summed E-state index contributed by atoms with van der Waals surface area (Å²) in [6.07, 6.45) is 3.92. The lowest BCUT2D eigenvalue weighted by Crippen LogP contribution is -2.37. The first-order valence-electron chi connectivity index (χ1n) is 9.38. The second-order valence-corrected chi connectivity index (χ2v) is 7.11. The molecule has 0 bridgehead atoms. The van der Waals surface area contributed by atoms with E-state index in [0.29, 0.717) is 11.5 Å². The highest BCUT2D eigenvalue weighted by Crippen LogP contribution is 2.42. The van der Waals surface area contributed by atoms with Gasteiger partial charge in [0.2, 0.25) is 5.91 Å². The van der Waals surface area contributed by atoms with Crippen molar-refractivity contribution in [2.75, 3.05) is 5.32 Å². The Balaban J connectivity index is 1.53. The van der Waals surface area contributed by atoms with Crippen molar-refractivity contribution in [3.8, 4) is 11.3 Å². The molecule has 1 aromatic heterocycles. The highest BCUT2D eigenvalue weighted by Gasteiger charge is 2.42. The first kappa shape index (κ1) is 17.6. The maximum Gasteiger partial charge on any atom is 0.235 e. The van der Waals surface area contributed by atoms with Crippen LogP contribution in [0.15, 0.2) is 71.1 Å². The van der Waals surface area contributed by atoms with Crippen LogP contribution in [0.2, 0.25) is 0 Å². The van der Waals surface area contributed by atoms with Crippen LogP contribution in [0, 0.1) is 0 Å². The SMILES string of the molecule is O=C(Nc1ccc(-c2ccc(CO)o2)cc1)C1(c2ccccc2)CCCC1. The standard InChI is InChI=1S/C23H23NO3/c25-16-20-12-13-21(27-20)17-8-10-19(11-9-17)24-22(26)23(14-4-5-15-23)18-6-2-1-3-7-18/h1-3,6-13,25H,4-5,14-16H2,(H,24,26). The van der Waals surface area contributed by atoms with Gasteiger partial charge in [-0.15, -0.1) is 0 Å². The van der Waals surface area contributed by atoms with Crippen molar-refractivity contribution < 1.29 is 14.3 Å². The van der Waals surface area contributed by atoms with Gasteiger partial charge in [-0.2, -0.15) is 0 Å². The molecule has 1 fully saturated rings. The highest BCUT2D eigenvalue weighted by molar-refractivity contribution is 5.99. The summed E-state index contributed by atoms with van der Waals surface area (Å²) in [6.45, 7) is -0.115. The lowest BCUT2D eigenvalue weighted by atomic mass is 9.78. The van der Waals surface area contributed by atoms with E-state index < -0.39 is 5.41 Å². The number of nitrogens with one attached hydrogen (secondary N) is 1. The summed E-state index contributed by atoms with van der Waals surface area (Å²) in [6, 6.07) is 21.3. The largest absolute Gasteiger partial charge is 0.459 e. The Morgan fingerprint density at radius 2 is 1.67 bits per heavy atom. The molecule has 27 heavy (non-hydrogen) atoms. The fraction of sp³-hybridized carbons (Fsp3) is 0.261. The van der Waals surface area contributed by atoms with Crippen LogP contribution in [0.1, 0.15) is 37.0 Å². The molecule has 4 nitrogen and oxygen atoms in total. The maximum absolute atomic E-state index is 13.2. The third-order valence-electron chi connectivity index (χ3n) is 5.46. The van der Waals surface area contributed by atoms with Gasteiger partial charge in [-0.25, -0.2) is 0 Å². The van der Waals surface area contributed by atoms with E-state index in [4.69, 9.17) is 9.52 Å². The highest BCUT2D eigenvalue weighted by atomic mass is 16.4. The van der Waals surface area contributed by atoms with Gasteiger partial charge < -0.3 is 14.8 Å². The summed E-state index contributed by atoms with van der Waals surface area (Å²) >= 11 is 0. The Morgan fingerprint density at radius 3 is 2.30 bits per heavy atom. The Hall–Kier alpha value is -2.85. The normalized spacial score (nSPS) is 15.6. The molecular formula is C23H23NO3. The smallest absolute Gasteiger partial charge is 0.235 e. The fourth-order valence-electron chi connectivity index (χ4n) is 3.97. The van der Waals surface area contributed by atoms with Gasteiger partial charge in [0.15, 0.2) is 0 Å². The Morgan fingerprint density at radius 1 is 0.963 bits per heavy atom. The summed E-state index contributed by atoms with van der Waals surface area (Å²) in [5.74, 6) is 1.31. The average molecular weight is 361 g/mol. The number of hydrogen-bond donors (Lipinski definition) is 2. The molecule has 1 heterocycles. The molecule has 1 amide bonds. The molecule has 1 aliphatic rings. The van der Waals surface area contributed by atoms with E-state index in [1.807, 2.05) is 48.5 Å². The number of carbonyl (C=O) groups is 1. The third kappa shape index (κ3) is 3.40. The number of rotatable bonds is 5. The first-order chi connectivity index (χ1) is 13.2. The molecule has 0 atom stereocenters. The molecule has 3 aromatic rings. The zero-order chi connectivity index (χ0) is 18.7. The Kier molecular flexibility index (Phi) is 4.82. The van der Waals surface area contributed by atoms with Crippen LogP contribution < -0.4 is 5.32 Å². The van der Waals surface area contributed by atoms with Crippen molar-refractivity contribution in [1.29, 1.82) is 0 Å². The van der Waals surface area contributed by atoms with Crippen molar-refractivity contribution >= 4 is 11.6 Å². The lowest BCUT2D eigenvalue weighted by Gasteiger charge is -2.28. The molecule has 0 spiro atoms. The minimum atomic E-state index is -0.434. The van der Waals surface area contributed by atoms with Gasteiger partial charge in [0.25, 0.3) is 0 Å². The zero-order valence-corrected chi connectivity index (χ0v) is 15.2. The van der Waals surface area contributed by atoms with Crippen molar-refractivity contribution in [1.82, 2.24) is 0 Å². The predicted octanol–water partition coefficient (Wildman–Crippen LogP) is 4.89. The first-order valence-corrected chi connectivity index (χ1v) is 9.38. The number of benzene rings is 2. The van der Waals surface area contributed by atoms with Crippen LogP contribution in [0.5, 0.6) is 0 Å². The number of furan rings is 1. The number of amides is 1. The van der Waals surface area contributed by atoms with Gasteiger partial charge in [0.05, 0.1) is 5.41 Å². The second-order valence-electron chi connectivity index (χ2n) is 7.11. The predicted molar refractivity (Wildman–Crippen MR) is 105 cm³/mol. The van der Waals surface area contributed by atoms with Crippen molar-refractivity contribution in [3.05, 3.63) is 78.1 Å². The molecule has 138 valence electrons. The van der Waals surface area contributed by atoms with E-state index in [1.54, 1.807) is 6.07 Å². The van der Waals surface area contributed by atoms with Crippen LogP contribution in [0.3, 0.4) is 0 Å². The van der Waals surface area contributed by atoms with Crippen molar-refractivity contribution in [2.24, 2.45) is 0 Å². The summed E-state index contributed by atoms with van der Waals surface area (Å²) in [4.78, 5) is 13.2. The quantitative estimate of drug-likeness (QED) is 0.680. The summed E-state index contributed by atoms with van der Waals surface area (Å²) < 4.78 is 5.56. The molecule has 0 unspecified atom stereocenters. The van der Waals surface area contributed by atoms with Crippen LogP contribution >= 0.6 is 0 Å². The number of aliphatic hydroxyl groups excluding tert-OH is 1. The molecular weight excluding hydrogens is 338 g/mol. The number of carbonyl (C=O) groups excluding carboxylic acids is 1. The van der Waals surface area contributed by atoms with Gasteiger partial charge in [-0.3, -0.25) is 4.79 Å². The number of hydrogen-bond acceptors (Lipinski definition) is 3. The molecule has 0 aliphatic heterocycles. The zero-order valence-electron chi connectivity index (χ0n) is 15.2. The third-order valence-corrected chi connectivity index (χ3v) is 5.46. The van der Waals surface area contributed by atoms with E-state index in [1.165, 1.54) is 0 Å². The molecule has 4 heteroatoms. The topological polar surface area (TPSA) is 62.5 Å². The summed E-state index contributed by atoms with van der Waals surface area (Å²) in [5, 5.41) is 12.2. The van der Waals surface area contributed by atoms with Crippen molar-refractivity contribution in [3.63, 3.8) is 0 Å².